The highest BCUT2D eigenvalue weighted by Crippen LogP contribution is 2.26. The zero-order valence-corrected chi connectivity index (χ0v) is 12.4. The zero-order valence-electron chi connectivity index (χ0n) is 12.4. The fraction of sp³-hybridized carbons (Fsp3) is 0.438. The Hall–Kier alpha value is -2.37. The molecule has 1 aliphatic carbocycles. The van der Waals surface area contributed by atoms with Crippen molar-refractivity contribution in [3.05, 3.63) is 34.6 Å². The Kier molecular flexibility index (Phi) is 4.37. The van der Waals surface area contributed by atoms with E-state index in [1.807, 2.05) is 18.2 Å². The maximum absolute atomic E-state index is 11.7. The van der Waals surface area contributed by atoms with Crippen molar-refractivity contribution in [2.75, 3.05) is 18.4 Å². The lowest BCUT2D eigenvalue weighted by molar-refractivity contribution is -0.127. The van der Waals surface area contributed by atoms with Gasteiger partial charge in [0.15, 0.2) is 5.82 Å². The van der Waals surface area contributed by atoms with E-state index >= 15 is 0 Å². The zero-order chi connectivity index (χ0) is 15.4. The number of carbonyl (C=O) groups excluding carboxylic acids is 1. The number of anilines is 1. The molecule has 0 radical (unpaired) electrons. The summed E-state index contributed by atoms with van der Waals surface area (Å²) >= 11 is 0. The normalized spacial score (nSPS) is 14.5. The molecule has 6 heteroatoms. The molecule has 3 rings (SSSR count). The Morgan fingerprint density at radius 2 is 2.00 bits per heavy atom. The van der Waals surface area contributed by atoms with E-state index in [1.165, 1.54) is 6.42 Å². The first kappa shape index (κ1) is 14.6. The van der Waals surface area contributed by atoms with E-state index < -0.39 is 0 Å². The molecule has 2 aromatic rings. The van der Waals surface area contributed by atoms with Crippen LogP contribution in [-0.2, 0) is 4.79 Å². The van der Waals surface area contributed by atoms with Gasteiger partial charge in [0.25, 0.3) is 5.56 Å². The Balaban J connectivity index is 1.50. The summed E-state index contributed by atoms with van der Waals surface area (Å²) in [6.07, 6.45) is 4.03. The average Bonchev–Trinajstić information content (AvgIpc) is 2.47. The first-order valence-electron chi connectivity index (χ1n) is 7.75. The van der Waals surface area contributed by atoms with Crippen LogP contribution in [0.4, 0.5) is 5.82 Å². The van der Waals surface area contributed by atoms with Gasteiger partial charge in [-0.05, 0) is 25.3 Å². The highest BCUT2D eigenvalue weighted by molar-refractivity contribution is 5.90. The number of nitrogens with zero attached hydrogens (tertiary/aromatic N) is 1. The largest absolute Gasteiger partial charge is 0.368 e. The van der Waals surface area contributed by atoms with Gasteiger partial charge in [0, 0.05) is 24.4 Å². The fourth-order valence-corrected chi connectivity index (χ4v) is 2.57. The topological polar surface area (TPSA) is 86.9 Å². The van der Waals surface area contributed by atoms with Gasteiger partial charge in [-0.3, -0.25) is 9.59 Å². The van der Waals surface area contributed by atoms with Crippen molar-refractivity contribution in [3.63, 3.8) is 0 Å². The number of hydrogen-bond acceptors (Lipinski definition) is 4. The fourth-order valence-electron chi connectivity index (χ4n) is 2.57. The van der Waals surface area contributed by atoms with Crippen molar-refractivity contribution >= 4 is 22.5 Å². The van der Waals surface area contributed by atoms with Crippen molar-refractivity contribution in [1.29, 1.82) is 0 Å². The van der Waals surface area contributed by atoms with Crippen LogP contribution in [0.5, 0.6) is 0 Å². The molecule has 0 atom stereocenters. The van der Waals surface area contributed by atoms with E-state index in [-0.39, 0.29) is 17.4 Å². The molecule has 1 aromatic heterocycles. The average molecular weight is 300 g/mol. The van der Waals surface area contributed by atoms with E-state index in [1.54, 1.807) is 6.07 Å². The highest BCUT2D eigenvalue weighted by atomic mass is 16.2. The van der Waals surface area contributed by atoms with Crippen molar-refractivity contribution in [2.24, 2.45) is 5.92 Å². The van der Waals surface area contributed by atoms with E-state index in [0.717, 1.165) is 24.6 Å². The second kappa shape index (κ2) is 6.60. The SMILES string of the molecule is O=C(NCCCNc1n[nH]c(=O)c2ccccc12)C1CCC1. The van der Waals surface area contributed by atoms with Crippen molar-refractivity contribution in [1.82, 2.24) is 15.5 Å². The first-order valence-corrected chi connectivity index (χ1v) is 7.75. The van der Waals surface area contributed by atoms with Crippen LogP contribution in [0.3, 0.4) is 0 Å². The van der Waals surface area contributed by atoms with Gasteiger partial charge in [0.1, 0.15) is 0 Å². The third-order valence-electron chi connectivity index (χ3n) is 4.12. The molecule has 0 bridgehead atoms. The molecule has 1 fully saturated rings. The maximum atomic E-state index is 11.7. The van der Waals surface area contributed by atoms with Crippen LogP contribution < -0.4 is 16.2 Å². The number of carbonyl (C=O) groups is 1. The van der Waals surface area contributed by atoms with Crippen LogP contribution in [-0.4, -0.2) is 29.2 Å². The smallest absolute Gasteiger partial charge is 0.272 e. The van der Waals surface area contributed by atoms with Gasteiger partial charge >= 0.3 is 0 Å². The maximum Gasteiger partial charge on any atom is 0.272 e. The molecular weight excluding hydrogens is 280 g/mol. The van der Waals surface area contributed by atoms with E-state index in [2.05, 4.69) is 20.8 Å². The van der Waals surface area contributed by atoms with Crippen LogP contribution in [0.25, 0.3) is 10.8 Å². The van der Waals surface area contributed by atoms with Crippen LogP contribution in [0.15, 0.2) is 29.1 Å². The van der Waals surface area contributed by atoms with Gasteiger partial charge in [-0.25, -0.2) is 5.10 Å². The summed E-state index contributed by atoms with van der Waals surface area (Å²) in [5.74, 6) is 1.08. The monoisotopic (exact) mass is 300 g/mol. The molecule has 1 heterocycles. The second-order valence-corrected chi connectivity index (χ2v) is 5.65. The third-order valence-corrected chi connectivity index (χ3v) is 4.12. The summed E-state index contributed by atoms with van der Waals surface area (Å²) in [5, 5.41) is 14.2. The van der Waals surface area contributed by atoms with E-state index in [0.29, 0.717) is 24.3 Å². The van der Waals surface area contributed by atoms with Gasteiger partial charge in [-0.2, -0.15) is 5.10 Å². The molecule has 3 N–H and O–H groups in total. The van der Waals surface area contributed by atoms with E-state index in [9.17, 15) is 9.59 Å². The number of benzene rings is 1. The number of nitrogens with one attached hydrogen (secondary N) is 3. The Bertz CT molecular complexity index is 721. The molecule has 0 unspecified atom stereocenters. The molecule has 0 saturated heterocycles. The molecule has 0 aliphatic heterocycles. The lowest BCUT2D eigenvalue weighted by atomic mass is 9.85. The summed E-state index contributed by atoms with van der Waals surface area (Å²) in [5.41, 5.74) is -0.186. The van der Waals surface area contributed by atoms with Crippen LogP contribution in [0.2, 0.25) is 0 Å². The van der Waals surface area contributed by atoms with Gasteiger partial charge in [0.05, 0.1) is 5.39 Å². The minimum absolute atomic E-state index is 0.180. The highest BCUT2D eigenvalue weighted by Gasteiger charge is 2.24. The van der Waals surface area contributed by atoms with Crippen LogP contribution in [0, 0.1) is 5.92 Å². The molecule has 1 aromatic carbocycles. The van der Waals surface area contributed by atoms with Crippen molar-refractivity contribution in [2.45, 2.75) is 25.7 Å². The summed E-state index contributed by atoms with van der Waals surface area (Å²) in [6.45, 7) is 1.34. The standard InChI is InChI=1S/C16H20N4O2/c21-15(11-5-3-6-11)18-10-4-9-17-14-12-7-1-2-8-13(12)16(22)20-19-14/h1-2,7-8,11H,3-6,9-10H2,(H,17,19)(H,18,21)(H,20,22). The molecule has 6 nitrogen and oxygen atoms in total. The quantitative estimate of drug-likeness (QED) is 0.708. The summed E-state index contributed by atoms with van der Waals surface area (Å²) in [6, 6.07) is 7.36. The molecule has 1 saturated carbocycles. The number of amides is 1. The number of H-pyrrole nitrogens is 1. The van der Waals surface area contributed by atoms with Crippen molar-refractivity contribution < 1.29 is 4.79 Å². The predicted molar refractivity (Wildman–Crippen MR) is 85.8 cm³/mol. The Morgan fingerprint density at radius 3 is 2.73 bits per heavy atom. The number of aromatic nitrogens is 2. The summed E-state index contributed by atoms with van der Waals surface area (Å²) in [4.78, 5) is 23.4. The molecule has 0 spiro atoms. The number of fused-ring (bicyclic) bond motifs is 1. The third kappa shape index (κ3) is 3.10. The van der Waals surface area contributed by atoms with Gasteiger partial charge in [-0.1, -0.05) is 24.6 Å². The second-order valence-electron chi connectivity index (χ2n) is 5.65. The van der Waals surface area contributed by atoms with Gasteiger partial charge in [0.2, 0.25) is 5.91 Å². The number of hydrogen-bond donors (Lipinski definition) is 3. The molecule has 1 amide bonds. The minimum atomic E-state index is -0.186. The van der Waals surface area contributed by atoms with Crippen LogP contribution >= 0.6 is 0 Å². The minimum Gasteiger partial charge on any atom is -0.368 e. The Morgan fingerprint density at radius 1 is 1.23 bits per heavy atom. The van der Waals surface area contributed by atoms with Gasteiger partial charge in [-0.15, -0.1) is 0 Å². The molecule has 1 aliphatic rings. The van der Waals surface area contributed by atoms with Crippen molar-refractivity contribution in [3.8, 4) is 0 Å². The van der Waals surface area contributed by atoms with Crippen LogP contribution in [0.1, 0.15) is 25.7 Å². The number of rotatable bonds is 6. The summed E-state index contributed by atoms with van der Waals surface area (Å²) in [7, 11) is 0. The lowest BCUT2D eigenvalue weighted by Gasteiger charge is -2.24. The molecule has 116 valence electrons. The lowest BCUT2D eigenvalue weighted by Crippen LogP contribution is -2.35. The predicted octanol–water partition coefficient (Wildman–Crippen LogP) is 1.64. The number of aromatic amines is 1. The molecular formula is C16H20N4O2. The Labute approximate surface area is 128 Å². The van der Waals surface area contributed by atoms with Gasteiger partial charge < -0.3 is 10.6 Å². The van der Waals surface area contributed by atoms with E-state index in [4.69, 9.17) is 0 Å². The summed E-state index contributed by atoms with van der Waals surface area (Å²) < 4.78 is 0. The molecule has 22 heavy (non-hydrogen) atoms. The first-order chi connectivity index (χ1) is 10.8.